The fourth-order valence-electron chi connectivity index (χ4n) is 3.36. The summed E-state index contributed by atoms with van der Waals surface area (Å²) in [4.78, 5) is 17.9. The van der Waals surface area contributed by atoms with Crippen molar-refractivity contribution in [1.82, 2.24) is 5.32 Å². The van der Waals surface area contributed by atoms with Crippen LogP contribution in [0.3, 0.4) is 0 Å². The van der Waals surface area contributed by atoms with Crippen LogP contribution in [0.25, 0.3) is 5.57 Å². The molecule has 29 heavy (non-hydrogen) atoms. The zero-order chi connectivity index (χ0) is 20.6. The highest BCUT2D eigenvalue weighted by atomic mass is 35.5. The Kier molecular flexibility index (Phi) is 7.48. The van der Waals surface area contributed by atoms with Gasteiger partial charge >= 0.3 is 0 Å². The molecule has 0 radical (unpaired) electrons. The average Bonchev–Trinajstić information content (AvgIpc) is 3.23. The van der Waals surface area contributed by atoms with Gasteiger partial charge in [0, 0.05) is 18.0 Å². The number of unbranched alkanes of at least 4 members (excludes halogenated alkanes) is 1. The van der Waals surface area contributed by atoms with E-state index >= 15 is 0 Å². The molecule has 0 fully saturated rings. The number of halogens is 1. The van der Waals surface area contributed by atoms with Gasteiger partial charge in [-0.05, 0) is 54.2 Å². The van der Waals surface area contributed by atoms with Crippen molar-refractivity contribution >= 4 is 28.8 Å². The van der Waals surface area contributed by atoms with Crippen LogP contribution in [0.4, 0.5) is 0 Å². The van der Waals surface area contributed by atoms with Crippen LogP contribution < -0.4 is 5.32 Å². The SMILES string of the molecule is CCC/C=C(/CCNC(=O)C1CC(c2ccccc2)=NO1)c1cc(Cl)ccc1C. The minimum Gasteiger partial charge on any atom is -0.382 e. The van der Waals surface area contributed by atoms with E-state index in [1.54, 1.807) is 0 Å². The number of hydrogen-bond acceptors (Lipinski definition) is 3. The first-order valence-electron chi connectivity index (χ1n) is 10.1. The first-order valence-corrected chi connectivity index (χ1v) is 10.5. The van der Waals surface area contributed by atoms with Crippen molar-refractivity contribution in [2.45, 2.75) is 45.6 Å². The van der Waals surface area contributed by atoms with E-state index in [9.17, 15) is 4.79 Å². The Morgan fingerprint density at radius 1 is 1.28 bits per heavy atom. The van der Waals surface area contributed by atoms with Gasteiger partial charge in [0.1, 0.15) is 0 Å². The van der Waals surface area contributed by atoms with Crippen LogP contribution in [0.2, 0.25) is 5.02 Å². The molecular formula is C24H27ClN2O2. The van der Waals surface area contributed by atoms with Gasteiger partial charge < -0.3 is 10.2 Å². The van der Waals surface area contributed by atoms with E-state index < -0.39 is 6.10 Å². The fourth-order valence-corrected chi connectivity index (χ4v) is 3.53. The van der Waals surface area contributed by atoms with E-state index in [0.717, 1.165) is 41.1 Å². The lowest BCUT2D eigenvalue weighted by atomic mass is 9.96. The summed E-state index contributed by atoms with van der Waals surface area (Å²) >= 11 is 6.20. The first-order chi connectivity index (χ1) is 14.1. The summed E-state index contributed by atoms with van der Waals surface area (Å²) in [6.07, 6.45) is 4.97. The van der Waals surface area contributed by atoms with Gasteiger partial charge in [0.05, 0.1) is 5.71 Å². The van der Waals surface area contributed by atoms with E-state index in [-0.39, 0.29) is 5.91 Å². The van der Waals surface area contributed by atoms with E-state index in [4.69, 9.17) is 16.4 Å². The number of hydrogen-bond donors (Lipinski definition) is 1. The maximum absolute atomic E-state index is 12.5. The smallest absolute Gasteiger partial charge is 0.264 e. The fraction of sp³-hybridized carbons (Fsp3) is 0.333. The zero-order valence-corrected chi connectivity index (χ0v) is 17.7. The normalized spacial score (nSPS) is 16.3. The van der Waals surface area contributed by atoms with Gasteiger partial charge in [0.25, 0.3) is 5.91 Å². The Hall–Kier alpha value is -2.59. The summed E-state index contributed by atoms with van der Waals surface area (Å²) in [5.41, 5.74) is 5.34. The number of nitrogens with one attached hydrogen (secondary N) is 1. The highest BCUT2D eigenvalue weighted by Gasteiger charge is 2.28. The minimum atomic E-state index is -0.568. The predicted molar refractivity (Wildman–Crippen MR) is 119 cm³/mol. The second kappa shape index (κ2) is 10.3. The maximum atomic E-state index is 12.5. The number of nitrogens with zero attached hydrogens (tertiary/aromatic N) is 1. The molecule has 3 rings (SSSR count). The highest BCUT2D eigenvalue weighted by Crippen LogP contribution is 2.26. The predicted octanol–water partition coefficient (Wildman–Crippen LogP) is 5.53. The number of allylic oxidation sites excluding steroid dienone is 1. The van der Waals surface area contributed by atoms with Gasteiger partial charge in [-0.2, -0.15) is 0 Å². The standard InChI is InChI=1S/C24H27ClN2O2/c1-3-4-8-18(21-15-20(25)12-11-17(21)2)13-14-26-24(28)23-16-22(27-29-23)19-9-6-5-7-10-19/h5-12,15,23H,3-4,13-14,16H2,1-2H3,(H,26,28)/b18-8-. The number of benzene rings is 2. The molecule has 2 aromatic carbocycles. The molecule has 152 valence electrons. The van der Waals surface area contributed by atoms with Gasteiger partial charge in [-0.25, -0.2) is 0 Å². The van der Waals surface area contributed by atoms with Crippen LogP contribution >= 0.6 is 11.6 Å². The third-order valence-electron chi connectivity index (χ3n) is 4.99. The topological polar surface area (TPSA) is 50.7 Å². The molecule has 0 saturated carbocycles. The van der Waals surface area contributed by atoms with E-state index in [1.807, 2.05) is 48.5 Å². The first kappa shape index (κ1) is 21.1. The molecule has 0 spiro atoms. The number of rotatable bonds is 8. The maximum Gasteiger partial charge on any atom is 0.264 e. The van der Waals surface area contributed by atoms with Crippen LogP contribution in [0.15, 0.2) is 59.8 Å². The second-order valence-corrected chi connectivity index (χ2v) is 7.66. The molecule has 1 N–H and O–H groups in total. The molecule has 2 aromatic rings. The molecule has 1 amide bonds. The largest absolute Gasteiger partial charge is 0.382 e. The lowest BCUT2D eigenvalue weighted by molar-refractivity contribution is -0.131. The molecule has 0 aliphatic carbocycles. The van der Waals surface area contributed by atoms with E-state index in [0.29, 0.717) is 13.0 Å². The molecule has 0 bridgehead atoms. The van der Waals surface area contributed by atoms with Crippen molar-refractivity contribution in [2.24, 2.45) is 5.16 Å². The number of aryl methyl sites for hydroxylation is 1. The Bertz CT molecular complexity index is 906. The molecule has 0 saturated heterocycles. The third-order valence-corrected chi connectivity index (χ3v) is 5.22. The van der Waals surface area contributed by atoms with Gasteiger partial charge in [-0.3, -0.25) is 4.79 Å². The average molecular weight is 411 g/mol. The van der Waals surface area contributed by atoms with Crippen LogP contribution in [-0.2, 0) is 9.63 Å². The quantitative estimate of drug-likeness (QED) is 0.621. The van der Waals surface area contributed by atoms with E-state index in [1.165, 1.54) is 11.1 Å². The summed E-state index contributed by atoms with van der Waals surface area (Å²) in [6.45, 7) is 4.78. The summed E-state index contributed by atoms with van der Waals surface area (Å²) in [7, 11) is 0. The summed E-state index contributed by atoms with van der Waals surface area (Å²) in [5.74, 6) is -0.127. The molecule has 1 aliphatic rings. The van der Waals surface area contributed by atoms with Crippen molar-refractivity contribution in [3.05, 3.63) is 76.3 Å². The van der Waals surface area contributed by atoms with Crippen molar-refractivity contribution in [1.29, 1.82) is 0 Å². The molecule has 1 heterocycles. The summed E-state index contributed by atoms with van der Waals surface area (Å²) < 4.78 is 0. The second-order valence-electron chi connectivity index (χ2n) is 7.22. The van der Waals surface area contributed by atoms with Gasteiger partial charge in [0.15, 0.2) is 0 Å². The Morgan fingerprint density at radius 2 is 2.07 bits per heavy atom. The molecule has 1 aliphatic heterocycles. The molecule has 4 nitrogen and oxygen atoms in total. The molecule has 1 atom stereocenters. The van der Waals surface area contributed by atoms with Crippen LogP contribution in [0, 0.1) is 6.92 Å². The van der Waals surface area contributed by atoms with Crippen molar-refractivity contribution in [3.8, 4) is 0 Å². The zero-order valence-electron chi connectivity index (χ0n) is 17.0. The monoisotopic (exact) mass is 410 g/mol. The number of carbonyl (C=O) groups excluding carboxylic acids is 1. The number of oxime groups is 1. The summed E-state index contributed by atoms with van der Waals surface area (Å²) in [5, 5.41) is 7.81. The summed E-state index contributed by atoms with van der Waals surface area (Å²) in [6, 6.07) is 15.7. The third kappa shape index (κ3) is 5.70. The lowest BCUT2D eigenvalue weighted by Gasteiger charge is -2.14. The van der Waals surface area contributed by atoms with Crippen molar-refractivity contribution in [3.63, 3.8) is 0 Å². The van der Waals surface area contributed by atoms with E-state index in [2.05, 4.69) is 30.4 Å². The lowest BCUT2D eigenvalue weighted by Crippen LogP contribution is -2.35. The molecule has 0 aromatic heterocycles. The van der Waals surface area contributed by atoms with Gasteiger partial charge in [-0.15, -0.1) is 0 Å². The molecule has 1 unspecified atom stereocenters. The molecular weight excluding hydrogens is 384 g/mol. The molecule has 5 heteroatoms. The van der Waals surface area contributed by atoms with Crippen molar-refractivity contribution < 1.29 is 9.63 Å². The Morgan fingerprint density at radius 3 is 2.83 bits per heavy atom. The van der Waals surface area contributed by atoms with Crippen LogP contribution in [-0.4, -0.2) is 24.3 Å². The Balaban J connectivity index is 1.56. The highest BCUT2D eigenvalue weighted by molar-refractivity contribution is 6.30. The van der Waals surface area contributed by atoms with Gasteiger partial charge in [0.2, 0.25) is 6.10 Å². The Labute approximate surface area is 177 Å². The number of amides is 1. The van der Waals surface area contributed by atoms with Crippen molar-refractivity contribution in [2.75, 3.05) is 6.54 Å². The van der Waals surface area contributed by atoms with Gasteiger partial charge in [-0.1, -0.05) is 72.6 Å². The minimum absolute atomic E-state index is 0.127. The van der Waals surface area contributed by atoms with Crippen LogP contribution in [0.1, 0.15) is 49.3 Å². The van der Waals surface area contributed by atoms with Crippen LogP contribution in [0.5, 0.6) is 0 Å². The number of carbonyl (C=O) groups is 1.